The van der Waals surface area contributed by atoms with Gasteiger partial charge in [0.2, 0.25) is 0 Å². The van der Waals surface area contributed by atoms with E-state index in [1.807, 2.05) is 12.1 Å². The number of nitrogens with two attached hydrogens (primary N) is 1. The zero-order valence-electron chi connectivity index (χ0n) is 14.9. The number of rotatable bonds is 2. The Labute approximate surface area is 140 Å². The Bertz CT molecular complexity index is 600. The molecule has 3 atom stereocenters. The predicted octanol–water partition coefficient (Wildman–Crippen LogP) is 3.85. The van der Waals surface area contributed by atoms with E-state index in [9.17, 15) is 10.4 Å². The van der Waals surface area contributed by atoms with E-state index in [0.29, 0.717) is 24.9 Å². The minimum Gasteiger partial charge on any atom is -0.397 e. The van der Waals surface area contributed by atoms with Crippen LogP contribution in [0.5, 0.6) is 0 Å². The van der Waals surface area contributed by atoms with Crippen LogP contribution < -0.4 is 5.73 Å². The summed E-state index contributed by atoms with van der Waals surface area (Å²) in [5.41, 5.74) is 6.73. The Morgan fingerprint density at radius 1 is 1.39 bits per heavy atom. The first-order valence-electron chi connectivity index (χ1n) is 8.35. The van der Waals surface area contributed by atoms with Gasteiger partial charge in [-0.2, -0.15) is 5.26 Å². The van der Waals surface area contributed by atoms with Crippen molar-refractivity contribution in [2.75, 3.05) is 5.73 Å². The molecule has 3 N–H and O–H groups in total. The standard InChI is InChI=1S/C18H29N3OSi/c1-17(2,3)23(4,5)15-10-18(12-19,9-8-14(15)22)16-7-6-13(20)11-21-16/h6-7,11,14-15,22H,8-10,20H2,1-5H3. The highest BCUT2D eigenvalue weighted by Crippen LogP contribution is 2.53. The van der Waals surface area contributed by atoms with Crippen molar-refractivity contribution in [2.45, 2.75) is 75.2 Å². The first kappa shape index (κ1) is 18.0. The molecule has 1 saturated carbocycles. The Morgan fingerprint density at radius 2 is 2.04 bits per heavy atom. The fourth-order valence-electron chi connectivity index (χ4n) is 3.58. The van der Waals surface area contributed by atoms with Crippen LogP contribution in [0, 0.1) is 11.3 Å². The third-order valence-corrected chi connectivity index (χ3v) is 12.6. The van der Waals surface area contributed by atoms with Crippen LogP contribution in [0.15, 0.2) is 18.3 Å². The molecule has 1 aliphatic carbocycles. The lowest BCUT2D eigenvalue weighted by Gasteiger charge is -2.50. The monoisotopic (exact) mass is 331 g/mol. The lowest BCUT2D eigenvalue weighted by atomic mass is 9.71. The van der Waals surface area contributed by atoms with E-state index in [1.165, 1.54) is 0 Å². The fraction of sp³-hybridized carbons (Fsp3) is 0.667. The van der Waals surface area contributed by atoms with Crippen LogP contribution in [0.1, 0.15) is 45.7 Å². The van der Waals surface area contributed by atoms with Crippen molar-refractivity contribution in [3.05, 3.63) is 24.0 Å². The van der Waals surface area contributed by atoms with Crippen LogP contribution in [0.25, 0.3) is 0 Å². The van der Waals surface area contributed by atoms with E-state index in [4.69, 9.17) is 5.73 Å². The molecule has 126 valence electrons. The highest BCUT2D eigenvalue weighted by molar-refractivity contribution is 6.81. The van der Waals surface area contributed by atoms with Crippen molar-refractivity contribution in [3.8, 4) is 6.07 Å². The summed E-state index contributed by atoms with van der Waals surface area (Å²) in [5, 5.41) is 20.8. The average Bonchev–Trinajstić information content (AvgIpc) is 2.47. The number of aromatic nitrogens is 1. The van der Waals surface area contributed by atoms with Gasteiger partial charge in [-0.05, 0) is 42.0 Å². The molecule has 23 heavy (non-hydrogen) atoms. The zero-order valence-corrected chi connectivity index (χ0v) is 15.9. The molecule has 1 heterocycles. The predicted molar refractivity (Wildman–Crippen MR) is 96.7 cm³/mol. The Hall–Kier alpha value is -1.38. The van der Waals surface area contributed by atoms with Gasteiger partial charge in [0.25, 0.3) is 0 Å². The number of hydrogen-bond donors (Lipinski definition) is 2. The van der Waals surface area contributed by atoms with Crippen molar-refractivity contribution in [1.82, 2.24) is 4.98 Å². The molecular formula is C18H29N3OSi. The Kier molecular flexibility index (Phi) is 4.62. The molecule has 0 amide bonds. The zero-order chi connectivity index (χ0) is 17.5. The van der Waals surface area contributed by atoms with Gasteiger partial charge in [-0.1, -0.05) is 33.9 Å². The van der Waals surface area contributed by atoms with Crippen molar-refractivity contribution >= 4 is 13.8 Å². The summed E-state index contributed by atoms with van der Waals surface area (Å²) >= 11 is 0. The van der Waals surface area contributed by atoms with E-state index < -0.39 is 13.5 Å². The van der Waals surface area contributed by atoms with Gasteiger partial charge in [-0.25, -0.2) is 0 Å². The molecule has 1 aliphatic rings. The number of aliphatic hydroxyl groups excluding tert-OH is 1. The van der Waals surface area contributed by atoms with Crippen LogP contribution in [-0.2, 0) is 5.41 Å². The maximum absolute atomic E-state index is 10.7. The molecule has 2 rings (SSSR count). The maximum Gasteiger partial charge on any atom is 0.0994 e. The second-order valence-electron chi connectivity index (χ2n) is 8.56. The average molecular weight is 332 g/mol. The Balaban J connectivity index is 2.42. The first-order chi connectivity index (χ1) is 10.5. The molecule has 1 aromatic rings. The molecule has 0 aliphatic heterocycles. The number of nitriles is 1. The molecule has 3 unspecified atom stereocenters. The van der Waals surface area contributed by atoms with Crippen molar-refractivity contribution in [1.29, 1.82) is 5.26 Å². The topological polar surface area (TPSA) is 82.9 Å². The molecule has 0 spiro atoms. The minimum atomic E-state index is -1.77. The lowest BCUT2D eigenvalue weighted by molar-refractivity contribution is 0.104. The van der Waals surface area contributed by atoms with Gasteiger partial charge in [-0.3, -0.25) is 4.98 Å². The normalized spacial score (nSPS) is 29.1. The highest BCUT2D eigenvalue weighted by atomic mass is 28.3. The molecule has 1 fully saturated rings. The first-order valence-corrected chi connectivity index (χ1v) is 11.4. The second kappa shape index (κ2) is 5.92. The summed E-state index contributed by atoms with van der Waals surface area (Å²) in [5.74, 6) is 0. The quantitative estimate of drug-likeness (QED) is 0.806. The SMILES string of the molecule is CC(C)(C)[Si](C)(C)C1CC(C#N)(c2ccc(N)cn2)CCC1O. The molecular weight excluding hydrogens is 302 g/mol. The van der Waals surface area contributed by atoms with Crippen molar-refractivity contribution in [3.63, 3.8) is 0 Å². The van der Waals surface area contributed by atoms with E-state index in [2.05, 4.69) is 44.9 Å². The largest absolute Gasteiger partial charge is 0.397 e. The van der Waals surface area contributed by atoms with Gasteiger partial charge in [-0.15, -0.1) is 0 Å². The van der Waals surface area contributed by atoms with Gasteiger partial charge in [0.15, 0.2) is 0 Å². The van der Waals surface area contributed by atoms with Crippen LogP contribution in [0.2, 0.25) is 23.7 Å². The molecule has 0 aromatic carbocycles. The fourth-order valence-corrected chi connectivity index (χ4v) is 6.68. The highest BCUT2D eigenvalue weighted by Gasteiger charge is 2.52. The number of pyridine rings is 1. The lowest BCUT2D eigenvalue weighted by Crippen LogP contribution is -2.51. The number of nitrogen functional groups attached to an aromatic ring is 1. The minimum absolute atomic E-state index is 0.172. The third kappa shape index (κ3) is 3.15. The van der Waals surface area contributed by atoms with E-state index in [1.54, 1.807) is 6.20 Å². The van der Waals surface area contributed by atoms with Gasteiger partial charge in [0, 0.05) is 0 Å². The number of nitrogens with zero attached hydrogens (tertiary/aromatic N) is 2. The molecule has 1 aromatic heterocycles. The molecule has 0 saturated heterocycles. The van der Waals surface area contributed by atoms with Crippen LogP contribution in [-0.4, -0.2) is 24.3 Å². The van der Waals surface area contributed by atoms with Crippen LogP contribution >= 0.6 is 0 Å². The van der Waals surface area contributed by atoms with E-state index in [0.717, 1.165) is 5.69 Å². The van der Waals surface area contributed by atoms with Gasteiger partial charge < -0.3 is 10.8 Å². The summed E-state index contributed by atoms with van der Waals surface area (Å²) in [6.45, 7) is 11.5. The molecule has 5 heteroatoms. The summed E-state index contributed by atoms with van der Waals surface area (Å²) in [6.07, 6.45) is 3.33. The molecule has 4 nitrogen and oxygen atoms in total. The summed E-state index contributed by atoms with van der Waals surface area (Å²) < 4.78 is 0. The van der Waals surface area contributed by atoms with Crippen molar-refractivity contribution < 1.29 is 5.11 Å². The van der Waals surface area contributed by atoms with E-state index in [-0.39, 0.29) is 16.7 Å². The summed E-state index contributed by atoms with van der Waals surface area (Å²) in [7, 11) is -1.77. The molecule has 0 bridgehead atoms. The summed E-state index contributed by atoms with van der Waals surface area (Å²) in [4.78, 5) is 4.43. The molecule has 0 radical (unpaired) electrons. The number of anilines is 1. The maximum atomic E-state index is 10.7. The third-order valence-electron chi connectivity index (χ3n) is 6.25. The second-order valence-corrected chi connectivity index (χ2v) is 14.2. The number of aliphatic hydroxyl groups is 1. The number of hydrogen-bond acceptors (Lipinski definition) is 4. The van der Waals surface area contributed by atoms with Crippen LogP contribution in [0.3, 0.4) is 0 Å². The smallest absolute Gasteiger partial charge is 0.0994 e. The van der Waals surface area contributed by atoms with Gasteiger partial charge >= 0.3 is 0 Å². The Morgan fingerprint density at radius 3 is 2.52 bits per heavy atom. The van der Waals surface area contributed by atoms with E-state index >= 15 is 0 Å². The van der Waals surface area contributed by atoms with Crippen LogP contribution in [0.4, 0.5) is 5.69 Å². The van der Waals surface area contributed by atoms with Gasteiger partial charge in [0.1, 0.15) is 0 Å². The van der Waals surface area contributed by atoms with Crippen molar-refractivity contribution in [2.24, 2.45) is 0 Å². The van der Waals surface area contributed by atoms with Gasteiger partial charge in [0.05, 0.1) is 43.2 Å². The summed E-state index contributed by atoms with van der Waals surface area (Å²) in [6, 6.07) is 6.22.